The maximum atomic E-state index is 12.9. The Morgan fingerprint density at radius 2 is 1.56 bits per heavy atom. The highest BCUT2D eigenvalue weighted by Gasteiger charge is 2.31. The third-order valence-electron chi connectivity index (χ3n) is 4.22. The van der Waals surface area contributed by atoms with Crippen LogP contribution in [0.5, 0.6) is 0 Å². The first-order valence-corrected chi connectivity index (χ1v) is 7.91. The second kappa shape index (κ2) is 5.88. The lowest BCUT2D eigenvalue weighted by Crippen LogP contribution is -2.10. The SMILES string of the molecule is CC(C)(C)c1ccc(-c2nc3ccc(C(F)(F)F)cn3c2CO)cc1. The van der Waals surface area contributed by atoms with Gasteiger partial charge in [-0.3, -0.25) is 0 Å². The topological polar surface area (TPSA) is 37.5 Å². The van der Waals surface area contributed by atoms with Crippen LogP contribution in [0.4, 0.5) is 13.2 Å². The Labute approximate surface area is 143 Å². The number of pyridine rings is 1. The minimum atomic E-state index is -4.44. The van der Waals surface area contributed by atoms with Crippen molar-refractivity contribution in [2.45, 2.75) is 39.0 Å². The molecule has 25 heavy (non-hydrogen) atoms. The Morgan fingerprint density at radius 3 is 2.08 bits per heavy atom. The van der Waals surface area contributed by atoms with Crippen molar-refractivity contribution in [3.05, 3.63) is 59.4 Å². The Balaban J connectivity index is 2.13. The minimum absolute atomic E-state index is 0.00113. The molecule has 3 aromatic rings. The van der Waals surface area contributed by atoms with Gasteiger partial charge in [0.15, 0.2) is 0 Å². The summed E-state index contributed by atoms with van der Waals surface area (Å²) in [6.45, 7) is 5.90. The van der Waals surface area contributed by atoms with Gasteiger partial charge in [0, 0.05) is 11.8 Å². The van der Waals surface area contributed by atoms with Crippen molar-refractivity contribution in [2.24, 2.45) is 0 Å². The molecular weight excluding hydrogens is 329 g/mol. The highest BCUT2D eigenvalue weighted by atomic mass is 19.4. The molecule has 0 unspecified atom stereocenters. The van der Waals surface area contributed by atoms with E-state index >= 15 is 0 Å². The molecule has 3 nitrogen and oxygen atoms in total. The van der Waals surface area contributed by atoms with Crippen molar-refractivity contribution < 1.29 is 18.3 Å². The molecule has 0 aliphatic carbocycles. The standard InChI is InChI=1S/C19H19F3N2O/c1-18(2,3)13-6-4-12(5-7-13)17-15(11-25)24-10-14(19(20,21)22)8-9-16(24)23-17/h4-10,25H,11H2,1-3H3. The van der Waals surface area contributed by atoms with Crippen LogP contribution in [-0.4, -0.2) is 14.5 Å². The first-order valence-electron chi connectivity index (χ1n) is 7.91. The molecule has 0 bridgehead atoms. The van der Waals surface area contributed by atoms with Crippen LogP contribution in [0.25, 0.3) is 16.9 Å². The van der Waals surface area contributed by atoms with E-state index in [-0.39, 0.29) is 5.41 Å². The molecule has 1 N–H and O–H groups in total. The Morgan fingerprint density at radius 1 is 0.960 bits per heavy atom. The molecule has 0 spiro atoms. The van der Waals surface area contributed by atoms with E-state index < -0.39 is 18.3 Å². The predicted octanol–water partition coefficient (Wildman–Crippen LogP) is 4.81. The molecule has 0 radical (unpaired) electrons. The third kappa shape index (κ3) is 3.26. The van der Waals surface area contributed by atoms with E-state index in [1.54, 1.807) is 0 Å². The summed E-state index contributed by atoms with van der Waals surface area (Å²) in [5.41, 5.74) is 2.32. The highest BCUT2D eigenvalue weighted by Crippen LogP contribution is 2.32. The lowest BCUT2D eigenvalue weighted by molar-refractivity contribution is -0.137. The van der Waals surface area contributed by atoms with Crippen LogP contribution in [0.2, 0.25) is 0 Å². The average Bonchev–Trinajstić information content (AvgIpc) is 2.91. The molecule has 0 atom stereocenters. The van der Waals surface area contributed by atoms with Gasteiger partial charge in [-0.25, -0.2) is 4.98 Å². The van der Waals surface area contributed by atoms with E-state index in [0.717, 1.165) is 23.4 Å². The zero-order chi connectivity index (χ0) is 18.4. The van der Waals surface area contributed by atoms with Crippen LogP contribution < -0.4 is 0 Å². The summed E-state index contributed by atoms with van der Waals surface area (Å²) < 4.78 is 40.1. The van der Waals surface area contributed by atoms with Crippen molar-refractivity contribution in [1.29, 1.82) is 0 Å². The molecule has 1 aromatic carbocycles. The number of aliphatic hydroxyl groups excluding tert-OH is 1. The van der Waals surface area contributed by atoms with Crippen LogP contribution in [0.1, 0.15) is 37.6 Å². The van der Waals surface area contributed by atoms with E-state index in [0.29, 0.717) is 17.0 Å². The fourth-order valence-corrected chi connectivity index (χ4v) is 2.77. The number of benzene rings is 1. The zero-order valence-corrected chi connectivity index (χ0v) is 14.2. The number of halogens is 3. The van der Waals surface area contributed by atoms with Crippen LogP contribution in [0.15, 0.2) is 42.6 Å². The maximum Gasteiger partial charge on any atom is 0.417 e. The second-order valence-corrected chi connectivity index (χ2v) is 7.04. The van der Waals surface area contributed by atoms with Crippen molar-refractivity contribution in [2.75, 3.05) is 0 Å². The number of hydrogen-bond donors (Lipinski definition) is 1. The largest absolute Gasteiger partial charge is 0.417 e. The Bertz CT molecular complexity index is 903. The number of nitrogens with zero attached hydrogens (tertiary/aromatic N) is 2. The minimum Gasteiger partial charge on any atom is -0.390 e. The fraction of sp³-hybridized carbons (Fsp3) is 0.316. The van der Waals surface area contributed by atoms with Crippen LogP contribution in [0.3, 0.4) is 0 Å². The van der Waals surface area contributed by atoms with Crippen molar-refractivity contribution in [3.63, 3.8) is 0 Å². The van der Waals surface area contributed by atoms with Gasteiger partial charge in [-0.1, -0.05) is 45.0 Å². The lowest BCUT2D eigenvalue weighted by Gasteiger charge is -2.19. The summed E-state index contributed by atoms with van der Waals surface area (Å²) in [7, 11) is 0. The Hall–Kier alpha value is -2.34. The molecule has 132 valence electrons. The van der Waals surface area contributed by atoms with E-state index in [9.17, 15) is 18.3 Å². The summed E-state index contributed by atoms with van der Waals surface area (Å²) in [4.78, 5) is 4.40. The maximum absolute atomic E-state index is 12.9. The number of fused-ring (bicyclic) bond motifs is 1. The van der Waals surface area contributed by atoms with E-state index in [4.69, 9.17) is 0 Å². The van der Waals surface area contributed by atoms with E-state index in [1.807, 2.05) is 24.3 Å². The van der Waals surface area contributed by atoms with Gasteiger partial charge in [0.05, 0.1) is 23.6 Å². The van der Waals surface area contributed by atoms with E-state index in [2.05, 4.69) is 25.8 Å². The number of imidazole rings is 1. The molecule has 2 aromatic heterocycles. The molecule has 0 aliphatic heterocycles. The van der Waals surface area contributed by atoms with Gasteiger partial charge < -0.3 is 9.51 Å². The van der Waals surface area contributed by atoms with Gasteiger partial charge in [0.25, 0.3) is 0 Å². The quantitative estimate of drug-likeness (QED) is 0.722. The Kier molecular flexibility index (Phi) is 4.11. The van der Waals surface area contributed by atoms with Gasteiger partial charge in [-0.2, -0.15) is 13.2 Å². The lowest BCUT2D eigenvalue weighted by atomic mass is 9.86. The van der Waals surface area contributed by atoms with Gasteiger partial charge in [0.2, 0.25) is 0 Å². The molecule has 3 rings (SSSR count). The zero-order valence-electron chi connectivity index (χ0n) is 14.2. The first kappa shape index (κ1) is 17.5. The van der Waals surface area contributed by atoms with Crippen LogP contribution in [-0.2, 0) is 18.2 Å². The van der Waals surface area contributed by atoms with Gasteiger partial charge in [-0.05, 0) is 23.1 Å². The highest BCUT2D eigenvalue weighted by molar-refractivity contribution is 5.67. The monoisotopic (exact) mass is 348 g/mol. The number of alkyl halides is 3. The summed E-state index contributed by atoms with van der Waals surface area (Å²) >= 11 is 0. The normalized spacial score (nSPS) is 12.8. The third-order valence-corrected chi connectivity index (χ3v) is 4.22. The molecule has 0 saturated carbocycles. The summed E-state index contributed by atoms with van der Waals surface area (Å²) in [5.74, 6) is 0. The molecular formula is C19H19F3N2O. The molecule has 2 heterocycles. The predicted molar refractivity (Wildman–Crippen MR) is 90.3 cm³/mol. The van der Waals surface area contributed by atoms with Gasteiger partial charge >= 0.3 is 6.18 Å². The van der Waals surface area contributed by atoms with E-state index in [1.165, 1.54) is 10.5 Å². The number of hydrogen-bond acceptors (Lipinski definition) is 2. The summed E-state index contributed by atoms with van der Waals surface area (Å²) in [6.07, 6.45) is -3.47. The fourth-order valence-electron chi connectivity index (χ4n) is 2.77. The molecule has 6 heteroatoms. The number of rotatable bonds is 2. The van der Waals surface area contributed by atoms with Crippen molar-refractivity contribution in [3.8, 4) is 11.3 Å². The van der Waals surface area contributed by atoms with Gasteiger partial charge in [0.1, 0.15) is 5.65 Å². The average molecular weight is 348 g/mol. The molecule has 0 saturated heterocycles. The summed E-state index contributed by atoms with van der Waals surface area (Å²) in [6, 6.07) is 10.0. The summed E-state index contributed by atoms with van der Waals surface area (Å²) in [5, 5.41) is 9.70. The molecule has 0 fully saturated rings. The first-order chi connectivity index (χ1) is 11.6. The number of aliphatic hydroxyl groups is 1. The molecule has 0 amide bonds. The smallest absolute Gasteiger partial charge is 0.390 e. The number of aromatic nitrogens is 2. The second-order valence-electron chi connectivity index (χ2n) is 7.04. The van der Waals surface area contributed by atoms with Crippen LogP contribution in [0, 0.1) is 0 Å². The van der Waals surface area contributed by atoms with Crippen molar-refractivity contribution in [1.82, 2.24) is 9.38 Å². The molecule has 0 aliphatic rings. The van der Waals surface area contributed by atoms with Crippen LogP contribution >= 0.6 is 0 Å². The van der Waals surface area contributed by atoms with Gasteiger partial charge in [-0.15, -0.1) is 0 Å². The van der Waals surface area contributed by atoms with Crippen molar-refractivity contribution >= 4 is 5.65 Å².